The van der Waals surface area contributed by atoms with Crippen LogP contribution in [-0.2, 0) is 9.31 Å². The Morgan fingerprint density at radius 2 is 1.70 bits per heavy atom. The monoisotopic (exact) mass is 277 g/mol. The fraction of sp³-hybridized carbons (Fsp3) is 0.875. The van der Waals surface area contributed by atoms with E-state index < -0.39 is 0 Å². The summed E-state index contributed by atoms with van der Waals surface area (Å²) in [4.78, 5) is 2.66. The minimum Gasteiger partial charge on any atom is -0.400 e. The molecule has 0 N–H and O–H groups in total. The summed E-state index contributed by atoms with van der Waals surface area (Å²) in [6, 6.07) is 0.753. The molecule has 1 aliphatic carbocycles. The summed E-state index contributed by atoms with van der Waals surface area (Å²) in [5, 5.41) is 0. The fourth-order valence-corrected chi connectivity index (χ4v) is 3.49. The van der Waals surface area contributed by atoms with Gasteiger partial charge in [0.1, 0.15) is 0 Å². The van der Waals surface area contributed by atoms with E-state index in [1.807, 2.05) is 0 Å². The van der Waals surface area contributed by atoms with E-state index in [9.17, 15) is 0 Å². The summed E-state index contributed by atoms with van der Waals surface area (Å²) in [5.41, 5.74) is 0.924. The molecule has 0 spiro atoms. The van der Waals surface area contributed by atoms with Crippen LogP contribution in [0.1, 0.15) is 59.8 Å². The molecule has 0 aromatic carbocycles. The standard InChI is InChI=1S/C16H28BNO2/c1-15(2)16(3,4)20-17(19-15)13-7-9-14(10-8-13)18-11-5-6-12-18/h7,14H,5-6,8-12H2,1-4H3. The maximum absolute atomic E-state index is 6.16. The molecule has 0 aromatic heterocycles. The van der Waals surface area contributed by atoms with Crippen molar-refractivity contribution in [2.75, 3.05) is 13.1 Å². The van der Waals surface area contributed by atoms with Crippen LogP contribution in [-0.4, -0.2) is 42.4 Å². The lowest BCUT2D eigenvalue weighted by Gasteiger charge is -2.32. The third-order valence-corrected chi connectivity index (χ3v) is 5.63. The van der Waals surface area contributed by atoms with Gasteiger partial charge in [-0.2, -0.15) is 0 Å². The zero-order valence-corrected chi connectivity index (χ0v) is 13.4. The quantitative estimate of drug-likeness (QED) is 0.723. The molecule has 3 rings (SSSR count). The normalized spacial score (nSPS) is 33.5. The van der Waals surface area contributed by atoms with Crippen molar-refractivity contribution in [3.63, 3.8) is 0 Å². The SMILES string of the molecule is CC1(C)OB(C2=CCC(N3CCCC3)CC2)OC1(C)C. The largest absolute Gasteiger partial charge is 0.490 e. The van der Waals surface area contributed by atoms with E-state index in [1.165, 1.54) is 44.2 Å². The van der Waals surface area contributed by atoms with Gasteiger partial charge in [0.2, 0.25) is 0 Å². The first kappa shape index (κ1) is 14.6. The summed E-state index contributed by atoms with van der Waals surface area (Å²) in [5.74, 6) is 0. The van der Waals surface area contributed by atoms with Crippen molar-refractivity contribution in [2.24, 2.45) is 0 Å². The Balaban J connectivity index is 1.62. The van der Waals surface area contributed by atoms with Gasteiger partial charge in [0.05, 0.1) is 11.2 Å². The molecule has 0 amide bonds. The van der Waals surface area contributed by atoms with E-state index >= 15 is 0 Å². The zero-order valence-electron chi connectivity index (χ0n) is 13.4. The van der Waals surface area contributed by atoms with Crippen molar-refractivity contribution in [3.05, 3.63) is 11.5 Å². The van der Waals surface area contributed by atoms with Gasteiger partial charge >= 0.3 is 7.12 Å². The van der Waals surface area contributed by atoms with Gasteiger partial charge in [0.25, 0.3) is 0 Å². The molecule has 112 valence electrons. The first-order chi connectivity index (χ1) is 9.39. The smallest absolute Gasteiger partial charge is 0.400 e. The second kappa shape index (κ2) is 5.15. The number of nitrogens with zero attached hydrogens (tertiary/aromatic N) is 1. The van der Waals surface area contributed by atoms with E-state index in [0.717, 1.165) is 12.5 Å². The lowest BCUT2D eigenvalue weighted by atomic mass is 9.71. The van der Waals surface area contributed by atoms with Crippen LogP contribution in [0.2, 0.25) is 0 Å². The Morgan fingerprint density at radius 3 is 2.20 bits per heavy atom. The Bertz CT molecular complexity index is 383. The Labute approximate surface area is 123 Å². The van der Waals surface area contributed by atoms with Crippen molar-refractivity contribution in [2.45, 2.75) is 77.0 Å². The molecule has 1 unspecified atom stereocenters. The minimum absolute atomic E-state index is 0.125. The van der Waals surface area contributed by atoms with Crippen LogP contribution >= 0.6 is 0 Å². The predicted octanol–water partition coefficient (Wildman–Crippen LogP) is 3.19. The molecule has 2 saturated heterocycles. The molecule has 0 saturated carbocycles. The van der Waals surface area contributed by atoms with Gasteiger partial charge in [0, 0.05) is 6.04 Å². The van der Waals surface area contributed by atoms with Gasteiger partial charge in [-0.15, -0.1) is 0 Å². The molecule has 3 nitrogen and oxygen atoms in total. The second-order valence-electron chi connectivity index (χ2n) is 7.54. The topological polar surface area (TPSA) is 21.7 Å². The van der Waals surface area contributed by atoms with E-state index in [2.05, 4.69) is 38.7 Å². The van der Waals surface area contributed by atoms with Crippen LogP contribution < -0.4 is 0 Å². The molecule has 2 aliphatic heterocycles. The molecular weight excluding hydrogens is 249 g/mol. The molecule has 0 aromatic rings. The Morgan fingerprint density at radius 1 is 1.10 bits per heavy atom. The van der Waals surface area contributed by atoms with Crippen LogP contribution in [0.3, 0.4) is 0 Å². The van der Waals surface area contributed by atoms with Crippen LogP contribution in [0.15, 0.2) is 11.5 Å². The number of rotatable bonds is 2. The lowest BCUT2D eigenvalue weighted by Crippen LogP contribution is -2.41. The Hall–Kier alpha value is -0.315. The third-order valence-electron chi connectivity index (χ3n) is 5.63. The second-order valence-corrected chi connectivity index (χ2v) is 7.54. The first-order valence-corrected chi connectivity index (χ1v) is 8.18. The summed E-state index contributed by atoms with van der Waals surface area (Å²) < 4.78 is 12.3. The van der Waals surface area contributed by atoms with Crippen LogP contribution in [0.5, 0.6) is 0 Å². The summed E-state index contributed by atoms with van der Waals surface area (Å²) >= 11 is 0. The van der Waals surface area contributed by atoms with Crippen molar-refractivity contribution in [1.82, 2.24) is 4.90 Å². The highest BCUT2D eigenvalue weighted by Gasteiger charge is 2.52. The summed E-state index contributed by atoms with van der Waals surface area (Å²) in [6.45, 7) is 11.1. The molecule has 0 bridgehead atoms. The van der Waals surface area contributed by atoms with Crippen molar-refractivity contribution in [1.29, 1.82) is 0 Å². The maximum atomic E-state index is 6.16. The molecule has 2 heterocycles. The lowest BCUT2D eigenvalue weighted by molar-refractivity contribution is 0.00578. The van der Waals surface area contributed by atoms with Gasteiger partial charge in [-0.1, -0.05) is 6.08 Å². The van der Waals surface area contributed by atoms with Crippen molar-refractivity contribution in [3.8, 4) is 0 Å². The van der Waals surface area contributed by atoms with E-state index in [1.54, 1.807) is 0 Å². The molecule has 0 radical (unpaired) electrons. The first-order valence-electron chi connectivity index (χ1n) is 8.18. The molecular formula is C16H28BNO2. The summed E-state index contributed by atoms with van der Waals surface area (Å²) in [7, 11) is -0.125. The molecule has 20 heavy (non-hydrogen) atoms. The zero-order chi connectivity index (χ0) is 14.4. The van der Waals surface area contributed by atoms with Crippen molar-refractivity contribution >= 4 is 7.12 Å². The van der Waals surface area contributed by atoms with Gasteiger partial charge < -0.3 is 14.2 Å². The molecule has 1 atom stereocenters. The van der Waals surface area contributed by atoms with Crippen molar-refractivity contribution < 1.29 is 9.31 Å². The predicted molar refractivity (Wildman–Crippen MR) is 82.6 cm³/mol. The van der Waals surface area contributed by atoms with E-state index in [0.29, 0.717) is 0 Å². The van der Waals surface area contributed by atoms with E-state index in [-0.39, 0.29) is 18.3 Å². The average Bonchev–Trinajstić information content (AvgIpc) is 2.97. The van der Waals surface area contributed by atoms with Crippen LogP contribution in [0.25, 0.3) is 0 Å². The highest BCUT2D eigenvalue weighted by Crippen LogP contribution is 2.40. The van der Waals surface area contributed by atoms with Crippen LogP contribution in [0, 0.1) is 0 Å². The van der Waals surface area contributed by atoms with Gasteiger partial charge in [-0.3, -0.25) is 0 Å². The molecule has 3 aliphatic rings. The number of allylic oxidation sites excluding steroid dienone is 1. The summed E-state index contributed by atoms with van der Waals surface area (Å²) in [6.07, 6.45) is 8.69. The number of hydrogen-bond donors (Lipinski definition) is 0. The van der Waals surface area contributed by atoms with Gasteiger partial charge in [-0.25, -0.2) is 0 Å². The highest BCUT2D eigenvalue weighted by atomic mass is 16.7. The van der Waals surface area contributed by atoms with E-state index in [4.69, 9.17) is 9.31 Å². The Kier molecular flexibility index (Phi) is 3.76. The third kappa shape index (κ3) is 2.58. The maximum Gasteiger partial charge on any atom is 0.490 e. The molecule has 4 heteroatoms. The van der Waals surface area contributed by atoms with Gasteiger partial charge in [-0.05, 0) is 78.4 Å². The van der Waals surface area contributed by atoms with Gasteiger partial charge in [0.15, 0.2) is 0 Å². The minimum atomic E-state index is -0.218. The number of likely N-dealkylation sites (tertiary alicyclic amines) is 1. The average molecular weight is 277 g/mol. The molecule has 2 fully saturated rings. The highest BCUT2D eigenvalue weighted by molar-refractivity contribution is 6.54. The fourth-order valence-electron chi connectivity index (χ4n) is 3.49. The number of hydrogen-bond acceptors (Lipinski definition) is 3. The van der Waals surface area contributed by atoms with Crippen LogP contribution in [0.4, 0.5) is 0 Å².